The highest BCUT2D eigenvalue weighted by molar-refractivity contribution is 7.85. The largest absolute Gasteiger partial charge is 0.379 e. The molecule has 0 saturated carbocycles. The fourth-order valence-corrected chi connectivity index (χ4v) is 3.58. The number of morpholine rings is 1. The van der Waals surface area contributed by atoms with Crippen LogP contribution in [-0.2, 0) is 27.7 Å². The number of aromatic amines is 1. The number of ketones is 1. The minimum absolute atomic E-state index is 0.168. The van der Waals surface area contributed by atoms with E-state index >= 15 is 0 Å². The number of Topliss-reactive ketones (excluding diaryl/α,β-unsaturated/α-hetero) is 1. The van der Waals surface area contributed by atoms with Gasteiger partial charge in [-0.15, -0.1) is 0 Å². The number of aryl methyl sites for hydroxylation is 2. The molecule has 0 bridgehead atoms. The summed E-state index contributed by atoms with van der Waals surface area (Å²) in [5, 5.41) is 0. The lowest BCUT2D eigenvalue weighted by Gasteiger charge is -2.31. The van der Waals surface area contributed by atoms with Gasteiger partial charge in [-0.05, 0) is 31.7 Å². The first-order chi connectivity index (χ1) is 11.7. The van der Waals surface area contributed by atoms with Crippen LogP contribution < -0.4 is 0 Å². The Balaban J connectivity index is 0.000000399. The van der Waals surface area contributed by atoms with Crippen LogP contribution in [0.3, 0.4) is 0 Å². The van der Waals surface area contributed by atoms with Gasteiger partial charge >= 0.3 is 0 Å². The summed E-state index contributed by atoms with van der Waals surface area (Å²) in [5.41, 5.74) is 4.59. The van der Waals surface area contributed by atoms with Crippen molar-refractivity contribution >= 4 is 15.9 Å². The van der Waals surface area contributed by atoms with E-state index in [1.165, 1.54) is 17.0 Å². The normalized spacial score (nSPS) is 21.4. The number of carbonyl (C=O) groups excluding carboxylic acids is 1. The first-order valence-corrected chi connectivity index (χ1v) is 10.5. The molecule has 1 aliphatic heterocycles. The maximum Gasteiger partial charge on any atom is 0.261 e. The second-order valence-corrected chi connectivity index (χ2v) is 8.15. The van der Waals surface area contributed by atoms with E-state index in [0.717, 1.165) is 57.7 Å². The maximum absolute atomic E-state index is 12.8. The molecule has 2 N–H and O–H groups in total. The molecule has 0 aromatic carbocycles. The SMILES string of the molecule is CCc1c(C)[nH]c2c1C(=O)C(CN1CCOCC1)CC2.CS(=O)(=O)O. The Hall–Kier alpha value is -1.22. The Morgan fingerprint density at radius 2 is 1.92 bits per heavy atom. The molecule has 1 unspecified atom stereocenters. The van der Waals surface area contributed by atoms with Gasteiger partial charge in [0.2, 0.25) is 0 Å². The van der Waals surface area contributed by atoms with Crippen molar-refractivity contribution in [2.24, 2.45) is 5.92 Å². The van der Waals surface area contributed by atoms with Crippen LogP contribution in [0.2, 0.25) is 0 Å². The number of hydrogen-bond acceptors (Lipinski definition) is 5. The molecule has 1 aromatic rings. The van der Waals surface area contributed by atoms with Gasteiger partial charge in [-0.2, -0.15) is 8.42 Å². The molecule has 1 aromatic heterocycles. The number of nitrogens with zero attached hydrogens (tertiary/aromatic N) is 1. The van der Waals surface area contributed by atoms with Crippen LogP contribution in [0.4, 0.5) is 0 Å². The molecular weight excluding hydrogens is 344 g/mol. The number of fused-ring (bicyclic) bond motifs is 1. The topological polar surface area (TPSA) is 99.7 Å². The highest BCUT2D eigenvalue weighted by atomic mass is 32.2. The molecule has 8 heteroatoms. The van der Waals surface area contributed by atoms with Gasteiger partial charge in [0.1, 0.15) is 0 Å². The van der Waals surface area contributed by atoms with Gasteiger partial charge < -0.3 is 9.72 Å². The van der Waals surface area contributed by atoms with E-state index in [2.05, 4.69) is 23.7 Å². The van der Waals surface area contributed by atoms with Crippen LogP contribution in [0.1, 0.15) is 40.7 Å². The lowest BCUT2D eigenvalue weighted by molar-refractivity contribution is 0.0291. The number of rotatable bonds is 3. The average Bonchev–Trinajstić information content (AvgIpc) is 2.86. The van der Waals surface area contributed by atoms with Crippen molar-refractivity contribution in [2.75, 3.05) is 39.1 Å². The second kappa shape index (κ2) is 8.44. The average molecular weight is 372 g/mol. The van der Waals surface area contributed by atoms with Gasteiger partial charge in [0.15, 0.2) is 5.78 Å². The van der Waals surface area contributed by atoms with Crippen LogP contribution in [-0.4, -0.2) is 67.7 Å². The molecule has 0 spiro atoms. The number of carbonyl (C=O) groups is 1. The summed E-state index contributed by atoms with van der Waals surface area (Å²) in [6, 6.07) is 0. The molecular formula is C17H28N2O5S. The van der Waals surface area contributed by atoms with E-state index in [0.29, 0.717) is 12.0 Å². The molecule has 7 nitrogen and oxygen atoms in total. The smallest absolute Gasteiger partial charge is 0.261 e. The molecule has 25 heavy (non-hydrogen) atoms. The Labute approximate surface area is 149 Å². The number of ether oxygens (including phenoxy) is 1. The Morgan fingerprint density at radius 3 is 2.48 bits per heavy atom. The van der Waals surface area contributed by atoms with Crippen molar-refractivity contribution in [3.05, 3.63) is 22.5 Å². The van der Waals surface area contributed by atoms with Crippen molar-refractivity contribution < 1.29 is 22.5 Å². The predicted molar refractivity (Wildman–Crippen MR) is 95.8 cm³/mol. The summed E-state index contributed by atoms with van der Waals surface area (Å²) in [4.78, 5) is 18.6. The molecule has 3 rings (SSSR count). The van der Waals surface area contributed by atoms with Crippen molar-refractivity contribution in [3.8, 4) is 0 Å². The lowest BCUT2D eigenvalue weighted by Crippen LogP contribution is -2.42. The molecule has 2 aliphatic rings. The van der Waals surface area contributed by atoms with Crippen LogP contribution >= 0.6 is 0 Å². The fourth-order valence-electron chi connectivity index (χ4n) is 3.58. The molecule has 142 valence electrons. The minimum Gasteiger partial charge on any atom is -0.379 e. The Bertz CT molecular complexity index is 697. The van der Waals surface area contributed by atoms with Crippen LogP contribution in [0.5, 0.6) is 0 Å². The van der Waals surface area contributed by atoms with Crippen LogP contribution in [0.15, 0.2) is 0 Å². The predicted octanol–water partition coefficient (Wildman–Crippen LogP) is 1.47. The van der Waals surface area contributed by atoms with E-state index in [-0.39, 0.29) is 5.92 Å². The second-order valence-electron chi connectivity index (χ2n) is 6.68. The first kappa shape index (κ1) is 20.1. The monoisotopic (exact) mass is 372 g/mol. The van der Waals surface area contributed by atoms with Crippen molar-refractivity contribution in [1.82, 2.24) is 9.88 Å². The highest BCUT2D eigenvalue weighted by Gasteiger charge is 2.32. The number of aromatic nitrogens is 1. The van der Waals surface area contributed by atoms with E-state index < -0.39 is 10.1 Å². The Morgan fingerprint density at radius 1 is 1.32 bits per heavy atom. The standard InChI is InChI=1S/C16H24N2O2.CH4O3S/c1-3-13-11(2)17-14-5-4-12(16(19)15(13)14)10-18-6-8-20-9-7-18;1-5(2,3)4/h12,17H,3-10H2,1-2H3;1H3,(H,2,3,4). The van der Waals surface area contributed by atoms with Crippen molar-refractivity contribution in [1.29, 1.82) is 0 Å². The summed E-state index contributed by atoms with van der Waals surface area (Å²) in [6.45, 7) is 8.64. The molecule has 2 heterocycles. The molecule has 1 atom stereocenters. The van der Waals surface area contributed by atoms with Crippen molar-refractivity contribution in [2.45, 2.75) is 33.1 Å². The quantitative estimate of drug-likeness (QED) is 0.780. The molecule has 0 radical (unpaired) electrons. The van der Waals surface area contributed by atoms with E-state index in [4.69, 9.17) is 9.29 Å². The van der Waals surface area contributed by atoms with E-state index in [1.54, 1.807) is 0 Å². The highest BCUT2D eigenvalue weighted by Crippen LogP contribution is 2.30. The fraction of sp³-hybridized carbons (Fsp3) is 0.706. The Kier molecular flexibility index (Phi) is 6.79. The van der Waals surface area contributed by atoms with Crippen LogP contribution in [0, 0.1) is 12.8 Å². The van der Waals surface area contributed by atoms with Gasteiger partial charge in [-0.3, -0.25) is 14.2 Å². The summed E-state index contributed by atoms with van der Waals surface area (Å²) in [6.07, 6.45) is 3.64. The molecule has 1 aliphatic carbocycles. The van der Waals surface area contributed by atoms with Gasteiger partial charge in [-0.1, -0.05) is 6.92 Å². The molecule has 1 saturated heterocycles. The summed E-state index contributed by atoms with van der Waals surface area (Å²) >= 11 is 0. The lowest BCUT2D eigenvalue weighted by atomic mass is 9.83. The summed E-state index contributed by atoms with van der Waals surface area (Å²) < 4.78 is 31.2. The third-order valence-corrected chi connectivity index (χ3v) is 4.69. The van der Waals surface area contributed by atoms with Gasteiger partial charge in [-0.25, -0.2) is 0 Å². The number of nitrogens with one attached hydrogen (secondary N) is 1. The van der Waals surface area contributed by atoms with Gasteiger partial charge in [0.25, 0.3) is 10.1 Å². The number of hydrogen-bond donors (Lipinski definition) is 2. The summed E-state index contributed by atoms with van der Waals surface area (Å²) in [7, 11) is -3.67. The maximum atomic E-state index is 12.8. The zero-order valence-corrected chi connectivity index (χ0v) is 16.0. The zero-order valence-electron chi connectivity index (χ0n) is 15.2. The molecule has 1 fully saturated rings. The van der Waals surface area contributed by atoms with Gasteiger partial charge in [0.05, 0.1) is 19.5 Å². The third kappa shape index (κ3) is 5.64. The van der Waals surface area contributed by atoms with Crippen molar-refractivity contribution in [3.63, 3.8) is 0 Å². The first-order valence-electron chi connectivity index (χ1n) is 8.67. The number of H-pyrrole nitrogens is 1. The van der Waals surface area contributed by atoms with Gasteiger partial charge in [0, 0.05) is 42.5 Å². The molecule has 0 amide bonds. The zero-order chi connectivity index (χ0) is 18.6. The van der Waals surface area contributed by atoms with E-state index in [1.807, 2.05) is 0 Å². The summed E-state index contributed by atoms with van der Waals surface area (Å²) in [5.74, 6) is 0.528. The minimum atomic E-state index is -3.67. The third-order valence-electron chi connectivity index (χ3n) is 4.69. The van der Waals surface area contributed by atoms with E-state index in [9.17, 15) is 13.2 Å². The van der Waals surface area contributed by atoms with Crippen LogP contribution in [0.25, 0.3) is 0 Å².